The molecule has 10 heteroatoms. The number of carbonyl (C=O) groups excluding carboxylic acids is 4. The van der Waals surface area contributed by atoms with Crippen molar-refractivity contribution in [1.82, 2.24) is 26.0 Å². The van der Waals surface area contributed by atoms with Crippen molar-refractivity contribution in [3.8, 4) is 0 Å². The largest absolute Gasteiger partial charge is 0.361 e. The number of amides is 5. The number of aromatic nitrogens is 1. The summed E-state index contributed by atoms with van der Waals surface area (Å²) in [4.78, 5) is 48.9. The minimum Gasteiger partial charge on any atom is -0.361 e. The highest BCUT2D eigenvalue weighted by Gasteiger charge is 2.46. The molecule has 2 heterocycles. The molecule has 10 nitrogen and oxygen atoms in total. The fourth-order valence-corrected chi connectivity index (χ4v) is 2.69. The summed E-state index contributed by atoms with van der Waals surface area (Å²) in [6, 6.07) is 1.06. The number of urea groups is 1. The van der Waals surface area contributed by atoms with Gasteiger partial charge in [0.15, 0.2) is 5.69 Å². The van der Waals surface area contributed by atoms with Crippen molar-refractivity contribution >= 4 is 23.8 Å². The molecule has 5 amide bonds. The van der Waals surface area contributed by atoms with E-state index in [1.54, 1.807) is 19.9 Å². The molecule has 0 saturated carbocycles. The molecule has 1 fully saturated rings. The van der Waals surface area contributed by atoms with Gasteiger partial charge in [-0.05, 0) is 26.2 Å². The predicted octanol–water partition coefficient (Wildman–Crippen LogP) is 0.584. The average Bonchev–Trinajstić information content (AvgIpc) is 3.24. The van der Waals surface area contributed by atoms with Gasteiger partial charge in [0.25, 0.3) is 11.8 Å². The van der Waals surface area contributed by atoms with Gasteiger partial charge in [-0.15, -0.1) is 0 Å². The van der Waals surface area contributed by atoms with E-state index in [-0.39, 0.29) is 18.1 Å². The monoisotopic (exact) mass is 393 g/mol. The predicted molar refractivity (Wildman–Crippen MR) is 99.4 cm³/mol. The fraction of sp³-hybridized carbons (Fsp3) is 0.611. The SMILES string of the molecule is CCc1cc(C(=O)NCCCCNC(=O)CN2C(=O)NC(C)(CC)C2=O)no1. The van der Waals surface area contributed by atoms with Crippen LogP contribution in [0, 0.1) is 0 Å². The maximum absolute atomic E-state index is 12.2. The Kier molecular flexibility index (Phi) is 7.13. The Morgan fingerprint density at radius 1 is 1.21 bits per heavy atom. The summed E-state index contributed by atoms with van der Waals surface area (Å²) in [6.07, 6.45) is 2.41. The number of nitrogens with zero attached hydrogens (tertiary/aromatic N) is 2. The number of hydrogen-bond acceptors (Lipinski definition) is 6. The molecule has 1 aromatic rings. The zero-order valence-electron chi connectivity index (χ0n) is 16.5. The maximum atomic E-state index is 12.2. The highest BCUT2D eigenvalue weighted by atomic mass is 16.5. The van der Waals surface area contributed by atoms with Gasteiger partial charge in [0, 0.05) is 25.6 Å². The van der Waals surface area contributed by atoms with Crippen LogP contribution < -0.4 is 16.0 Å². The van der Waals surface area contributed by atoms with Gasteiger partial charge in [-0.1, -0.05) is 19.0 Å². The number of imide groups is 1. The first-order valence-electron chi connectivity index (χ1n) is 9.45. The Morgan fingerprint density at radius 3 is 2.46 bits per heavy atom. The van der Waals surface area contributed by atoms with Crippen LogP contribution in [0.3, 0.4) is 0 Å². The van der Waals surface area contributed by atoms with Crippen LogP contribution in [0.25, 0.3) is 0 Å². The molecule has 0 radical (unpaired) electrons. The van der Waals surface area contributed by atoms with Crippen LogP contribution in [0.5, 0.6) is 0 Å². The molecule has 0 aromatic carbocycles. The smallest absolute Gasteiger partial charge is 0.325 e. The zero-order valence-corrected chi connectivity index (χ0v) is 16.5. The topological polar surface area (TPSA) is 134 Å². The van der Waals surface area contributed by atoms with E-state index >= 15 is 0 Å². The third-order valence-corrected chi connectivity index (χ3v) is 4.71. The Balaban J connectivity index is 1.62. The first-order chi connectivity index (χ1) is 13.3. The second-order valence-corrected chi connectivity index (χ2v) is 6.85. The molecule has 1 saturated heterocycles. The highest BCUT2D eigenvalue weighted by molar-refractivity contribution is 6.08. The Morgan fingerprint density at radius 2 is 1.89 bits per heavy atom. The van der Waals surface area contributed by atoms with Gasteiger partial charge in [0.1, 0.15) is 17.8 Å². The van der Waals surface area contributed by atoms with Gasteiger partial charge in [-0.2, -0.15) is 0 Å². The van der Waals surface area contributed by atoms with E-state index in [0.717, 1.165) is 4.90 Å². The molecule has 1 unspecified atom stereocenters. The van der Waals surface area contributed by atoms with E-state index in [0.29, 0.717) is 44.5 Å². The molecule has 2 rings (SSSR count). The molecule has 0 spiro atoms. The van der Waals surface area contributed by atoms with Crippen LogP contribution in [0.4, 0.5) is 4.79 Å². The Hall–Kier alpha value is -2.91. The number of rotatable bonds is 10. The van der Waals surface area contributed by atoms with Gasteiger partial charge in [-0.3, -0.25) is 19.3 Å². The zero-order chi connectivity index (χ0) is 20.7. The molecule has 154 valence electrons. The minimum absolute atomic E-state index is 0.248. The van der Waals surface area contributed by atoms with Gasteiger partial charge in [0.2, 0.25) is 5.91 Å². The minimum atomic E-state index is -0.947. The lowest BCUT2D eigenvalue weighted by Gasteiger charge is -2.19. The second-order valence-electron chi connectivity index (χ2n) is 6.85. The van der Waals surface area contributed by atoms with Crippen LogP contribution in [0.15, 0.2) is 10.6 Å². The van der Waals surface area contributed by atoms with Crippen LogP contribution in [0.1, 0.15) is 56.3 Å². The molecule has 1 atom stereocenters. The first kappa shape index (κ1) is 21.4. The lowest BCUT2D eigenvalue weighted by Crippen LogP contribution is -2.44. The van der Waals surface area contributed by atoms with Gasteiger partial charge in [-0.25, -0.2) is 4.79 Å². The molecular weight excluding hydrogens is 366 g/mol. The summed E-state index contributed by atoms with van der Waals surface area (Å²) in [7, 11) is 0. The molecule has 1 aliphatic heterocycles. The average molecular weight is 393 g/mol. The van der Waals surface area contributed by atoms with Crippen LogP contribution in [0.2, 0.25) is 0 Å². The molecule has 28 heavy (non-hydrogen) atoms. The van der Waals surface area contributed by atoms with E-state index in [1.807, 2.05) is 6.92 Å². The number of aryl methyl sites for hydroxylation is 1. The molecule has 0 bridgehead atoms. The standard InChI is InChI=1S/C18H27N5O5/c1-4-12-10-13(22-28-12)15(25)20-9-7-6-8-19-14(24)11-23-16(26)18(3,5-2)21-17(23)27/h10H,4-9,11H2,1-3H3,(H,19,24)(H,20,25)(H,21,27). The van der Waals surface area contributed by atoms with Crippen molar-refractivity contribution < 1.29 is 23.7 Å². The number of unbranched alkanes of at least 4 members (excludes halogenated alkanes) is 1. The molecular formula is C18H27N5O5. The van der Waals surface area contributed by atoms with Crippen LogP contribution in [-0.4, -0.2) is 59.0 Å². The van der Waals surface area contributed by atoms with Gasteiger partial charge < -0.3 is 20.5 Å². The molecule has 1 aliphatic rings. The summed E-state index contributed by atoms with van der Waals surface area (Å²) in [5, 5.41) is 11.7. The summed E-state index contributed by atoms with van der Waals surface area (Å²) >= 11 is 0. The van der Waals surface area contributed by atoms with Crippen molar-refractivity contribution in [3.63, 3.8) is 0 Å². The lowest BCUT2D eigenvalue weighted by molar-refractivity contribution is -0.134. The van der Waals surface area contributed by atoms with Crippen LogP contribution >= 0.6 is 0 Å². The lowest BCUT2D eigenvalue weighted by atomic mass is 9.99. The molecule has 1 aromatic heterocycles. The highest BCUT2D eigenvalue weighted by Crippen LogP contribution is 2.20. The van der Waals surface area contributed by atoms with Crippen molar-refractivity contribution in [1.29, 1.82) is 0 Å². The Labute approximate surface area is 163 Å². The second kappa shape index (κ2) is 9.34. The van der Waals surface area contributed by atoms with E-state index < -0.39 is 23.4 Å². The summed E-state index contributed by atoms with van der Waals surface area (Å²) < 4.78 is 4.98. The Bertz CT molecular complexity index is 746. The van der Waals surface area contributed by atoms with Gasteiger partial charge in [0.05, 0.1) is 0 Å². The fourth-order valence-electron chi connectivity index (χ4n) is 2.69. The number of carbonyl (C=O) groups is 4. The quantitative estimate of drug-likeness (QED) is 0.393. The van der Waals surface area contributed by atoms with Crippen molar-refractivity contribution in [2.24, 2.45) is 0 Å². The van der Waals surface area contributed by atoms with Crippen molar-refractivity contribution in [3.05, 3.63) is 17.5 Å². The van der Waals surface area contributed by atoms with E-state index in [9.17, 15) is 19.2 Å². The third-order valence-electron chi connectivity index (χ3n) is 4.71. The summed E-state index contributed by atoms with van der Waals surface area (Å²) in [6.45, 7) is 5.86. The van der Waals surface area contributed by atoms with Crippen LogP contribution in [-0.2, 0) is 16.0 Å². The first-order valence-corrected chi connectivity index (χ1v) is 9.45. The number of nitrogens with one attached hydrogen (secondary N) is 3. The van der Waals surface area contributed by atoms with Crippen molar-refractivity contribution in [2.75, 3.05) is 19.6 Å². The van der Waals surface area contributed by atoms with Crippen molar-refractivity contribution in [2.45, 2.75) is 52.0 Å². The number of hydrogen-bond donors (Lipinski definition) is 3. The molecule has 0 aliphatic carbocycles. The van der Waals surface area contributed by atoms with E-state index in [1.165, 1.54) is 0 Å². The maximum Gasteiger partial charge on any atom is 0.325 e. The summed E-state index contributed by atoms with van der Waals surface area (Å²) in [5.41, 5.74) is -0.699. The van der Waals surface area contributed by atoms with E-state index in [2.05, 4.69) is 21.1 Å². The molecule has 3 N–H and O–H groups in total. The normalized spacial score (nSPS) is 18.9. The van der Waals surface area contributed by atoms with E-state index in [4.69, 9.17) is 4.52 Å². The summed E-state index contributed by atoms with van der Waals surface area (Å²) in [5.74, 6) is -0.443. The third kappa shape index (κ3) is 5.08. The van der Waals surface area contributed by atoms with Gasteiger partial charge >= 0.3 is 6.03 Å².